The normalized spacial score (nSPS) is 14.8. The SMILES string of the molecule is CC(=O)CCCSC1=Nc2c(c(=O)n(C)c(=O)n2C)C1.CC(=O)CCSC1=Nc2c(c(=O)n(C)c(=O)n2C)C1.CC(=O)CCSC1=Nc2c(c(=O)n(C)c(=O)n2C)C1.CCOC(=O)CCCSC1=Nc2c(c(=S)n(C)c(=O)n2C)C1.Cn1c2c(c(=O)n(C)c1=O)CC(SCC1CC1)=N2.Cn1c2c(c(=O)n(C)c1=O)CC(SCC1CCN(C(=O)OC(C)(C)C)CC1)=N2. The molecule has 1 saturated heterocycles. The standard InChI is InChI=1S/C19H28N4O4S.C14H19N3O3S2.C13H17N3O3S.2C12H15N3O3S.C12H15N3O2S/c1-19(2,3)27-18(26)23-8-6-12(7-9-23)11-28-14-10-13-15(20-14)21(4)17(25)22(5)16(13)24;1-4-20-11(18)6-5-7-22-10-8-9-12(15-10)16(2)14(19)17(3)13(9)21;1-8(17)5-4-6-20-10-7-9-11(14-10)15(2)13(19)16(3)12(9)18;2*1-7(16)4-5-19-9-6-8-10(13-9)14(2)12(18)15(3)11(8)17;1-14-10-8(11(16)15(2)12(14)17)5-9(13-10)18-6-7-3-4-7/h12H,6-11H2,1-5H3;4-8H2,1-3H3;4-7H2,1-3H3;2*4-6H2,1-3H3;7H,3-6H2,1-2H3. The van der Waals surface area contributed by atoms with Crippen LogP contribution in [-0.4, -0.2) is 179 Å². The van der Waals surface area contributed by atoms with Crippen LogP contribution in [0.5, 0.6) is 0 Å². The molecule has 44 heteroatoms. The van der Waals surface area contributed by atoms with E-state index < -0.39 is 5.60 Å². The topological polar surface area (TPSA) is 428 Å². The largest absolute Gasteiger partial charge is 0.466 e. The first-order chi connectivity index (χ1) is 59.3. The lowest BCUT2D eigenvalue weighted by molar-refractivity contribution is -0.143. The molecule has 7 aliphatic heterocycles. The highest BCUT2D eigenvalue weighted by molar-refractivity contribution is 8.15. The van der Waals surface area contributed by atoms with Crippen LogP contribution in [-0.2, 0) is 152 Å². The molecule has 0 N–H and O–H groups in total. The van der Waals surface area contributed by atoms with Crippen molar-refractivity contribution < 1.29 is 33.4 Å². The van der Waals surface area contributed by atoms with Crippen LogP contribution in [0.15, 0.2) is 82.7 Å². The van der Waals surface area contributed by atoms with E-state index in [1.165, 1.54) is 104 Å². The van der Waals surface area contributed by atoms with Gasteiger partial charge in [-0.15, -0.1) is 70.6 Å². The molecular formula is C82H109N19O18S7. The number of piperidine rings is 1. The molecule has 0 aromatic carbocycles. The van der Waals surface area contributed by atoms with Crippen LogP contribution in [0.4, 0.5) is 39.7 Å². The molecule has 2 fully saturated rings. The van der Waals surface area contributed by atoms with Gasteiger partial charge < -0.3 is 19.2 Å². The molecule has 6 aromatic rings. The highest BCUT2D eigenvalue weighted by atomic mass is 32.2. The number of nitrogens with zero attached hydrogens (tertiary/aromatic N) is 19. The van der Waals surface area contributed by atoms with Crippen molar-refractivity contribution in [3.63, 3.8) is 0 Å². The molecular weight excluding hydrogens is 1760 g/mol. The predicted octanol–water partition coefficient (Wildman–Crippen LogP) is 6.52. The summed E-state index contributed by atoms with van der Waals surface area (Å²) in [6.45, 7) is 13.9. The van der Waals surface area contributed by atoms with Gasteiger partial charge in [-0.1, -0.05) is 12.2 Å². The number of ketones is 3. The summed E-state index contributed by atoms with van der Waals surface area (Å²) in [5.41, 5.74) is 0.110. The number of esters is 1. The number of Topliss-reactive ketones (excluding diaryl/α,β-unsaturated/α-hetero) is 3. The van der Waals surface area contributed by atoms with Gasteiger partial charge in [-0.2, -0.15) is 0 Å². The summed E-state index contributed by atoms with van der Waals surface area (Å²) < 4.78 is 26.5. The van der Waals surface area contributed by atoms with E-state index in [9.17, 15) is 76.7 Å². The van der Waals surface area contributed by atoms with Gasteiger partial charge in [0.05, 0.1) is 64.7 Å². The van der Waals surface area contributed by atoms with E-state index in [0.29, 0.717) is 169 Å². The summed E-state index contributed by atoms with van der Waals surface area (Å²) >= 11 is 14.8. The van der Waals surface area contributed by atoms with E-state index in [0.717, 1.165) is 113 Å². The minimum atomic E-state index is -0.476. The molecule has 14 rings (SSSR count). The van der Waals surface area contributed by atoms with Gasteiger partial charge in [0.2, 0.25) is 0 Å². The maximum absolute atomic E-state index is 12.3. The third kappa shape index (κ3) is 24.8. The van der Waals surface area contributed by atoms with Crippen LogP contribution in [0.3, 0.4) is 0 Å². The molecule has 6 aromatic heterocycles. The van der Waals surface area contributed by atoms with Crippen LogP contribution in [0.1, 0.15) is 146 Å². The Kier molecular flexibility index (Phi) is 34.9. The number of amides is 1. The van der Waals surface area contributed by atoms with Crippen LogP contribution >= 0.6 is 82.8 Å². The predicted molar refractivity (Wildman–Crippen MR) is 505 cm³/mol. The Labute approximate surface area is 755 Å². The summed E-state index contributed by atoms with van der Waals surface area (Å²) in [7, 11) is 18.9. The Morgan fingerprint density at radius 1 is 0.357 bits per heavy atom. The van der Waals surface area contributed by atoms with Crippen molar-refractivity contribution in [2.75, 3.05) is 54.2 Å². The van der Waals surface area contributed by atoms with E-state index in [1.807, 2.05) is 20.8 Å². The number of aliphatic imine (C=N–C) groups is 6. The molecule has 126 heavy (non-hydrogen) atoms. The summed E-state index contributed by atoms with van der Waals surface area (Å²) in [6, 6.07) is 0. The van der Waals surface area contributed by atoms with E-state index in [1.54, 1.807) is 129 Å². The van der Waals surface area contributed by atoms with Gasteiger partial charge in [0.15, 0.2) is 0 Å². The molecule has 8 aliphatic rings. The number of rotatable bonds is 19. The fourth-order valence-electron chi connectivity index (χ4n) is 13.7. The highest BCUT2D eigenvalue weighted by Gasteiger charge is 2.33. The highest BCUT2D eigenvalue weighted by Crippen LogP contribution is 2.37. The van der Waals surface area contributed by atoms with Gasteiger partial charge in [0.25, 0.3) is 27.8 Å². The monoisotopic (exact) mass is 1870 g/mol. The van der Waals surface area contributed by atoms with Crippen molar-refractivity contribution in [1.29, 1.82) is 0 Å². The zero-order valence-corrected chi connectivity index (χ0v) is 80.3. The third-order valence-corrected chi connectivity index (χ3v) is 28.1. The number of aromatic nitrogens is 12. The quantitative estimate of drug-likeness (QED) is 0.0473. The zero-order chi connectivity index (χ0) is 92.9. The van der Waals surface area contributed by atoms with Gasteiger partial charge in [0, 0.05) is 190 Å². The van der Waals surface area contributed by atoms with Gasteiger partial charge in [-0.25, -0.2) is 63.5 Å². The second kappa shape index (κ2) is 43.9. The van der Waals surface area contributed by atoms with E-state index in [-0.39, 0.29) is 91.3 Å². The molecule has 0 spiro atoms. The number of thioether (sulfide) groups is 6. The van der Waals surface area contributed by atoms with E-state index in [2.05, 4.69) is 30.0 Å². The average molecular weight is 1870 g/mol. The molecule has 682 valence electrons. The maximum atomic E-state index is 12.3. The second-order valence-corrected chi connectivity index (χ2v) is 39.4. The summed E-state index contributed by atoms with van der Waals surface area (Å²) in [6.07, 6.45) is 10.8. The van der Waals surface area contributed by atoms with Crippen molar-refractivity contribution >= 4 is 177 Å². The molecule has 1 aliphatic carbocycles. The van der Waals surface area contributed by atoms with Crippen molar-refractivity contribution in [2.45, 2.75) is 157 Å². The van der Waals surface area contributed by atoms with E-state index >= 15 is 0 Å². The van der Waals surface area contributed by atoms with Crippen molar-refractivity contribution in [2.24, 2.45) is 126 Å². The lowest BCUT2D eigenvalue weighted by Gasteiger charge is -2.33. The number of hydrogen-bond donors (Lipinski definition) is 0. The fourth-order valence-corrected chi connectivity index (χ4v) is 20.1. The first kappa shape index (κ1) is 100. The number of fused-ring (bicyclic) bond motifs is 6. The Hall–Kier alpha value is -9.63. The molecule has 0 bridgehead atoms. The average Bonchev–Trinajstić information content (AvgIpc) is 1.64. The third-order valence-electron chi connectivity index (χ3n) is 21.1. The number of carbonyl (C=O) groups is 5. The Morgan fingerprint density at radius 3 is 0.905 bits per heavy atom. The molecule has 1 saturated carbocycles. The van der Waals surface area contributed by atoms with Crippen LogP contribution in [0, 0.1) is 16.5 Å². The second-order valence-electron chi connectivity index (χ2n) is 32.1. The number of carbonyl (C=O) groups excluding carboxylic acids is 5. The maximum Gasteiger partial charge on any atom is 0.410 e. The molecule has 0 atom stereocenters. The molecule has 13 heterocycles. The van der Waals surface area contributed by atoms with Gasteiger partial charge in [-0.3, -0.25) is 93.2 Å². The minimum absolute atomic E-state index is 0.131. The van der Waals surface area contributed by atoms with Crippen molar-refractivity contribution in [1.82, 2.24) is 59.7 Å². The first-order valence-corrected chi connectivity index (χ1v) is 47.2. The molecule has 1 amide bonds. The lowest BCUT2D eigenvalue weighted by atomic mass is 9.99. The minimum Gasteiger partial charge on any atom is -0.466 e. The van der Waals surface area contributed by atoms with Gasteiger partial charge in [0.1, 0.15) is 62.5 Å². The van der Waals surface area contributed by atoms with Gasteiger partial charge >= 0.3 is 46.2 Å². The van der Waals surface area contributed by atoms with Crippen LogP contribution in [0.25, 0.3) is 0 Å². The summed E-state index contributed by atoms with van der Waals surface area (Å²) in [4.78, 5) is 216. The first-order valence-electron chi connectivity index (χ1n) is 40.9. The Bertz CT molecular complexity index is 6200. The summed E-state index contributed by atoms with van der Waals surface area (Å²) in [5, 5.41) is 5.19. The summed E-state index contributed by atoms with van der Waals surface area (Å²) in [5.74, 6) is 9.48. The lowest BCUT2D eigenvalue weighted by Crippen LogP contribution is -2.42. The Balaban J connectivity index is 0.000000172. The van der Waals surface area contributed by atoms with Crippen molar-refractivity contribution in [3.8, 4) is 0 Å². The molecule has 0 radical (unpaired) electrons. The smallest absolute Gasteiger partial charge is 0.410 e. The van der Waals surface area contributed by atoms with Gasteiger partial charge in [-0.05, 0) is 110 Å². The zero-order valence-electron chi connectivity index (χ0n) is 74.5. The van der Waals surface area contributed by atoms with Crippen molar-refractivity contribution in [3.05, 3.63) is 153 Å². The van der Waals surface area contributed by atoms with E-state index in [4.69, 9.17) is 21.7 Å². The number of ether oxygens (including phenoxy) is 2. The fraction of sp³-hybridized carbons (Fsp3) is 0.573. The molecule has 0 unspecified atom stereocenters. The van der Waals surface area contributed by atoms with Crippen LogP contribution < -0.4 is 61.9 Å². The number of likely N-dealkylation sites (tertiary alicyclic amines) is 1. The van der Waals surface area contributed by atoms with Crippen LogP contribution in [0.2, 0.25) is 0 Å². The Morgan fingerprint density at radius 2 is 0.619 bits per heavy atom. The molecule has 37 nitrogen and oxygen atoms in total. The number of hydrogen-bond acceptors (Lipinski definition) is 31.